The lowest BCUT2D eigenvalue weighted by molar-refractivity contribution is -0.144. The molecule has 0 fully saturated rings. The highest BCUT2D eigenvalue weighted by Gasteiger charge is 2.09. The summed E-state index contributed by atoms with van der Waals surface area (Å²) in [5, 5.41) is 0. The molecule has 0 atom stereocenters. The third-order valence-corrected chi connectivity index (χ3v) is 1.06. The Morgan fingerprint density at radius 3 is 2.54 bits per heavy atom. The first-order valence-electron chi connectivity index (χ1n) is 5.02. The van der Waals surface area contributed by atoms with Crippen molar-refractivity contribution in [3.8, 4) is 0 Å². The highest BCUT2D eigenvalue weighted by Crippen LogP contribution is 1.93. The number of hydrogen-bond donors (Lipinski definition) is 0. The molecule has 72 valence electrons. The van der Waals surface area contributed by atoms with E-state index < -0.39 is 30.8 Å². The molecule has 0 bridgehead atoms. The molecule has 0 aromatic heterocycles. The Kier molecular flexibility index (Phi) is 2.82. The van der Waals surface area contributed by atoms with E-state index in [4.69, 9.17) is 4.11 Å². The van der Waals surface area contributed by atoms with Gasteiger partial charge in [0.25, 0.3) is 0 Å². The van der Waals surface area contributed by atoms with E-state index in [1.165, 1.54) is 6.92 Å². The van der Waals surface area contributed by atoms with E-state index in [1.807, 2.05) is 0 Å². The zero-order valence-electron chi connectivity index (χ0n) is 10.3. The number of esters is 1. The molecule has 0 aromatic carbocycles. The second kappa shape index (κ2) is 5.24. The van der Waals surface area contributed by atoms with Crippen molar-refractivity contribution < 1.29 is 23.2 Å². The highest BCUT2D eigenvalue weighted by molar-refractivity contribution is 5.99. The van der Waals surface area contributed by atoms with Crippen molar-refractivity contribution in [2.45, 2.75) is 20.2 Å². The van der Waals surface area contributed by atoms with Crippen molar-refractivity contribution in [2.24, 2.45) is 0 Å². The maximum atomic E-state index is 11.1. The Hall–Kier alpha value is -1.45. The molecule has 0 saturated heterocycles. The van der Waals surface area contributed by atoms with Crippen molar-refractivity contribution >= 4 is 17.5 Å². The minimum absolute atomic E-state index is 0.340. The predicted octanol–water partition coefficient (Wildman–Crippen LogP) is 0.654. The maximum absolute atomic E-state index is 11.1. The fraction of sp³-hybridized carbons (Fsp3) is 0.444. The molecule has 0 aliphatic rings. The lowest BCUT2D eigenvalue weighted by Crippen LogP contribution is -2.16. The number of carbonyl (C=O) groups is 3. The summed E-state index contributed by atoms with van der Waals surface area (Å²) in [6.45, 7) is 1.02. The molecule has 0 rings (SSSR count). The summed E-state index contributed by atoms with van der Waals surface area (Å²) in [7, 11) is 0. The molecule has 0 radical (unpaired) electrons. The predicted molar refractivity (Wildman–Crippen MR) is 46.1 cm³/mol. The number of rotatable bonds is 5. The summed E-state index contributed by atoms with van der Waals surface area (Å²) in [5.41, 5.74) is -0.692. The Labute approximate surface area is 80.8 Å². The van der Waals surface area contributed by atoms with Gasteiger partial charge in [-0.2, -0.15) is 0 Å². The van der Waals surface area contributed by atoms with Crippen molar-refractivity contribution in [3.63, 3.8) is 0 Å². The molecule has 0 heterocycles. The van der Waals surface area contributed by atoms with Gasteiger partial charge in [0.15, 0.2) is 12.4 Å². The van der Waals surface area contributed by atoms with E-state index in [1.54, 1.807) is 0 Å². The van der Waals surface area contributed by atoms with Crippen LogP contribution in [0.15, 0.2) is 12.2 Å². The van der Waals surface area contributed by atoms with Gasteiger partial charge in [-0.1, -0.05) is 6.58 Å². The van der Waals surface area contributed by atoms with Gasteiger partial charge in [-0.05, 0) is 13.8 Å². The molecular weight excluding hydrogens is 172 g/mol. The first-order valence-corrected chi connectivity index (χ1v) is 3.52. The molecule has 0 unspecified atom stereocenters. The van der Waals surface area contributed by atoms with Gasteiger partial charge >= 0.3 is 5.97 Å². The number of ketones is 2. The average Bonchev–Trinajstić information content (AvgIpc) is 2.10. The standard InChI is InChI=1S/C9H12O4/c1-6(2)9(12)13-5-8(11)4-7(3)10/h1,4-5H2,2-3H3/i2D3. The number of Topliss-reactive ketones (excluding diaryl/α,β-unsaturated/α-hetero) is 2. The van der Waals surface area contributed by atoms with Crippen molar-refractivity contribution in [2.75, 3.05) is 6.61 Å². The quantitative estimate of drug-likeness (QED) is 0.360. The minimum Gasteiger partial charge on any atom is -0.454 e. The van der Waals surface area contributed by atoms with Crippen LogP contribution in [0.5, 0.6) is 0 Å². The molecule has 13 heavy (non-hydrogen) atoms. The molecule has 4 nitrogen and oxygen atoms in total. The first kappa shape index (κ1) is 7.00. The molecule has 0 aliphatic carbocycles. The Morgan fingerprint density at radius 1 is 1.46 bits per heavy atom. The van der Waals surface area contributed by atoms with Gasteiger partial charge in [-0.25, -0.2) is 4.79 Å². The fourth-order valence-electron chi connectivity index (χ4n) is 0.562. The zero-order valence-corrected chi connectivity index (χ0v) is 7.25. The van der Waals surface area contributed by atoms with Gasteiger partial charge in [0.1, 0.15) is 5.78 Å². The maximum Gasteiger partial charge on any atom is 0.333 e. The van der Waals surface area contributed by atoms with Crippen LogP contribution in [0.4, 0.5) is 0 Å². The summed E-state index contributed by atoms with van der Waals surface area (Å²) in [6.07, 6.45) is -0.340. The zero-order chi connectivity index (χ0) is 12.9. The molecular formula is C9H12O4. The van der Waals surface area contributed by atoms with Crippen LogP contribution in [-0.4, -0.2) is 24.1 Å². The summed E-state index contributed by atoms with van der Waals surface area (Å²) in [6, 6.07) is 0. The molecule has 0 amide bonds. The van der Waals surface area contributed by atoms with Gasteiger partial charge in [0.05, 0.1) is 6.42 Å². The summed E-state index contributed by atoms with van der Waals surface area (Å²) < 4.78 is 25.0. The van der Waals surface area contributed by atoms with E-state index in [0.29, 0.717) is 0 Å². The highest BCUT2D eigenvalue weighted by atomic mass is 16.5. The molecule has 4 heteroatoms. The number of hydrogen-bond acceptors (Lipinski definition) is 4. The third-order valence-electron chi connectivity index (χ3n) is 1.06. The first-order chi connectivity index (χ1) is 7.14. The van der Waals surface area contributed by atoms with E-state index in [2.05, 4.69) is 11.3 Å². The Morgan fingerprint density at radius 2 is 2.08 bits per heavy atom. The van der Waals surface area contributed by atoms with Gasteiger partial charge in [-0.15, -0.1) is 0 Å². The largest absolute Gasteiger partial charge is 0.454 e. The molecule has 0 saturated carbocycles. The SMILES string of the molecule is [2H]C([2H])([2H])C(=C)C(=O)OCC(=O)CC(C)=O. The van der Waals surface area contributed by atoms with Crippen LogP contribution in [0.2, 0.25) is 0 Å². The molecule has 0 spiro atoms. The van der Waals surface area contributed by atoms with Crippen molar-refractivity contribution in [1.82, 2.24) is 0 Å². The monoisotopic (exact) mass is 187 g/mol. The number of ether oxygens (including phenoxy) is 1. The Balaban J connectivity index is 4.14. The van der Waals surface area contributed by atoms with Crippen LogP contribution in [-0.2, 0) is 19.1 Å². The topological polar surface area (TPSA) is 60.4 Å². The van der Waals surface area contributed by atoms with Crippen molar-refractivity contribution in [1.29, 1.82) is 0 Å². The van der Waals surface area contributed by atoms with E-state index in [9.17, 15) is 14.4 Å². The van der Waals surface area contributed by atoms with Gasteiger partial charge in [-0.3, -0.25) is 9.59 Å². The summed E-state index contributed by atoms with van der Waals surface area (Å²) in [5.74, 6) is -2.09. The van der Waals surface area contributed by atoms with Crippen LogP contribution in [0.1, 0.15) is 24.3 Å². The lowest BCUT2D eigenvalue weighted by Gasteiger charge is -2.01. The molecule has 0 aromatic rings. The van der Waals surface area contributed by atoms with Crippen LogP contribution < -0.4 is 0 Å². The smallest absolute Gasteiger partial charge is 0.333 e. The van der Waals surface area contributed by atoms with E-state index in [0.717, 1.165) is 0 Å². The summed E-state index contributed by atoms with van der Waals surface area (Å²) in [4.78, 5) is 32.5. The van der Waals surface area contributed by atoms with Crippen LogP contribution in [0.25, 0.3) is 0 Å². The normalized spacial score (nSPS) is 13.5. The van der Waals surface area contributed by atoms with Gasteiger partial charge in [0, 0.05) is 9.69 Å². The van der Waals surface area contributed by atoms with E-state index >= 15 is 0 Å². The minimum atomic E-state index is -2.64. The van der Waals surface area contributed by atoms with Crippen LogP contribution in [0, 0.1) is 0 Å². The van der Waals surface area contributed by atoms with Gasteiger partial charge < -0.3 is 4.74 Å². The number of carbonyl (C=O) groups excluding carboxylic acids is 3. The Bertz CT molecular complexity index is 330. The third kappa shape index (κ3) is 5.78. The second-order valence-electron chi connectivity index (χ2n) is 2.47. The average molecular weight is 187 g/mol. The lowest BCUT2D eigenvalue weighted by atomic mass is 10.2. The second-order valence-corrected chi connectivity index (χ2v) is 2.47. The van der Waals surface area contributed by atoms with E-state index in [-0.39, 0.29) is 12.2 Å². The molecule has 0 aliphatic heterocycles. The summed E-state index contributed by atoms with van der Waals surface area (Å²) >= 11 is 0. The molecule has 0 N–H and O–H groups in total. The van der Waals surface area contributed by atoms with Crippen LogP contribution in [0.3, 0.4) is 0 Å². The van der Waals surface area contributed by atoms with Crippen molar-refractivity contribution in [3.05, 3.63) is 12.2 Å². The van der Waals surface area contributed by atoms with Gasteiger partial charge in [0.2, 0.25) is 0 Å². The van der Waals surface area contributed by atoms with Crippen LogP contribution >= 0.6 is 0 Å². The fourth-order valence-corrected chi connectivity index (χ4v) is 0.562.